The van der Waals surface area contributed by atoms with E-state index >= 15 is 0 Å². The molecule has 2 fully saturated rings. The molecule has 0 aromatic carbocycles. The Bertz CT molecular complexity index is 547. The largest absolute Gasteiger partial charge is 0.378 e. The highest BCUT2D eigenvalue weighted by Crippen LogP contribution is 2.21. The summed E-state index contributed by atoms with van der Waals surface area (Å²) in [6, 6.07) is 4.23. The minimum absolute atomic E-state index is 0.0842. The molecule has 25 heavy (non-hydrogen) atoms. The molecule has 6 heteroatoms. The Morgan fingerprint density at radius 1 is 1.08 bits per heavy atom. The Morgan fingerprint density at radius 2 is 1.84 bits per heavy atom. The SMILES string of the molecule is O=C(CCCCc1cccs1)N1CCC(C(=O)N2CCOCC2)CC1. The number of piperidine rings is 1. The summed E-state index contributed by atoms with van der Waals surface area (Å²) in [4.78, 5) is 30.2. The van der Waals surface area contributed by atoms with Crippen molar-refractivity contribution in [2.45, 2.75) is 38.5 Å². The van der Waals surface area contributed by atoms with E-state index in [1.54, 1.807) is 11.3 Å². The molecule has 1 aromatic rings. The van der Waals surface area contributed by atoms with Crippen LogP contribution in [-0.4, -0.2) is 61.0 Å². The van der Waals surface area contributed by atoms with Crippen molar-refractivity contribution in [3.8, 4) is 0 Å². The molecule has 0 spiro atoms. The predicted molar refractivity (Wildman–Crippen MR) is 98.6 cm³/mol. The summed E-state index contributed by atoms with van der Waals surface area (Å²) >= 11 is 1.79. The van der Waals surface area contributed by atoms with E-state index in [1.165, 1.54) is 4.88 Å². The summed E-state index contributed by atoms with van der Waals surface area (Å²) in [5.41, 5.74) is 0. The quantitative estimate of drug-likeness (QED) is 0.729. The van der Waals surface area contributed by atoms with Crippen LogP contribution >= 0.6 is 11.3 Å². The minimum atomic E-state index is 0.0842. The number of aryl methyl sites for hydroxylation is 1. The molecule has 3 rings (SSSR count). The van der Waals surface area contributed by atoms with Gasteiger partial charge in [0, 0.05) is 43.4 Å². The molecule has 0 N–H and O–H groups in total. The molecule has 0 aliphatic carbocycles. The summed E-state index contributed by atoms with van der Waals surface area (Å²) in [7, 11) is 0. The molecule has 0 unspecified atom stereocenters. The maximum absolute atomic E-state index is 12.5. The fourth-order valence-electron chi connectivity index (χ4n) is 3.61. The summed E-state index contributed by atoms with van der Waals surface area (Å²) in [6.07, 6.45) is 5.32. The smallest absolute Gasteiger partial charge is 0.225 e. The van der Waals surface area contributed by atoms with Crippen LogP contribution in [0, 0.1) is 5.92 Å². The lowest BCUT2D eigenvalue weighted by Crippen LogP contribution is -2.47. The van der Waals surface area contributed by atoms with Gasteiger partial charge in [-0.2, -0.15) is 0 Å². The van der Waals surface area contributed by atoms with E-state index in [-0.39, 0.29) is 17.7 Å². The first-order valence-corrected chi connectivity index (χ1v) is 10.3. The van der Waals surface area contributed by atoms with Gasteiger partial charge in [0.1, 0.15) is 0 Å². The average Bonchev–Trinajstić information content (AvgIpc) is 3.19. The second-order valence-electron chi connectivity index (χ2n) is 6.88. The Morgan fingerprint density at radius 3 is 2.52 bits per heavy atom. The molecule has 3 heterocycles. The Labute approximate surface area is 153 Å². The van der Waals surface area contributed by atoms with Gasteiger partial charge in [0.15, 0.2) is 0 Å². The van der Waals surface area contributed by atoms with Crippen LogP contribution in [0.1, 0.15) is 37.0 Å². The number of likely N-dealkylation sites (tertiary alicyclic amines) is 1. The molecule has 5 nitrogen and oxygen atoms in total. The number of unbranched alkanes of at least 4 members (excludes halogenated alkanes) is 1. The van der Waals surface area contributed by atoms with Gasteiger partial charge in [-0.05, 0) is 43.6 Å². The normalized spacial score (nSPS) is 19.2. The van der Waals surface area contributed by atoms with Crippen molar-refractivity contribution in [1.29, 1.82) is 0 Å². The average molecular weight is 365 g/mol. The van der Waals surface area contributed by atoms with E-state index in [4.69, 9.17) is 4.74 Å². The number of thiophene rings is 1. The predicted octanol–water partition coefficient (Wildman–Crippen LogP) is 2.56. The van der Waals surface area contributed by atoms with Crippen molar-refractivity contribution in [3.05, 3.63) is 22.4 Å². The van der Waals surface area contributed by atoms with Gasteiger partial charge in [-0.25, -0.2) is 0 Å². The van der Waals surface area contributed by atoms with Crippen LogP contribution in [0.25, 0.3) is 0 Å². The molecule has 0 atom stereocenters. The van der Waals surface area contributed by atoms with Crippen LogP contribution in [-0.2, 0) is 20.7 Å². The van der Waals surface area contributed by atoms with Gasteiger partial charge in [-0.3, -0.25) is 9.59 Å². The summed E-state index contributed by atoms with van der Waals surface area (Å²) in [5.74, 6) is 0.593. The molecular formula is C19H28N2O3S. The minimum Gasteiger partial charge on any atom is -0.378 e. The third-order valence-corrected chi connectivity index (χ3v) is 6.10. The van der Waals surface area contributed by atoms with Crippen LogP contribution < -0.4 is 0 Å². The first-order valence-electron chi connectivity index (χ1n) is 9.41. The second kappa shape index (κ2) is 9.34. The molecular weight excluding hydrogens is 336 g/mol. The highest BCUT2D eigenvalue weighted by Gasteiger charge is 2.30. The first kappa shape index (κ1) is 18.4. The van der Waals surface area contributed by atoms with Gasteiger partial charge >= 0.3 is 0 Å². The van der Waals surface area contributed by atoms with E-state index in [0.29, 0.717) is 32.7 Å². The lowest BCUT2D eigenvalue weighted by atomic mass is 9.94. The lowest BCUT2D eigenvalue weighted by molar-refractivity contribution is -0.143. The van der Waals surface area contributed by atoms with E-state index < -0.39 is 0 Å². The Kier molecular flexibility index (Phi) is 6.87. The van der Waals surface area contributed by atoms with Gasteiger partial charge in [0.05, 0.1) is 13.2 Å². The zero-order valence-corrected chi connectivity index (χ0v) is 15.6. The van der Waals surface area contributed by atoms with E-state index in [1.807, 2.05) is 9.80 Å². The van der Waals surface area contributed by atoms with E-state index in [9.17, 15) is 9.59 Å². The maximum atomic E-state index is 12.5. The van der Waals surface area contributed by atoms with Crippen LogP contribution in [0.4, 0.5) is 0 Å². The van der Waals surface area contributed by atoms with Crippen molar-refractivity contribution < 1.29 is 14.3 Å². The van der Waals surface area contributed by atoms with Gasteiger partial charge in [-0.1, -0.05) is 6.07 Å². The third kappa shape index (κ3) is 5.28. The zero-order chi connectivity index (χ0) is 17.5. The summed E-state index contributed by atoms with van der Waals surface area (Å²) < 4.78 is 5.31. The number of nitrogens with zero attached hydrogens (tertiary/aromatic N) is 2. The number of hydrogen-bond donors (Lipinski definition) is 0. The van der Waals surface area contributed by atoms with Crippen LogP contribution in [0.15, 0.2) is 17.5 Å². The lowest BCUT2D eigenvalue weighted by Gasteiger charge is -2.35. The number of rotatable bonds is 6. The number of morpholine rings is 1. The number of hydrogen-bond acceptors (Lipinski definition) is 4. The number of carbonyl (C=O) groups is 2. The standard InChI is InChI=1S/C19H28N2O3S/c22-18(6-2-1-4-17-5-3-15-25-17)20-9-7-16(8-10-20)19(23)21-11-13-24-14-12-21/h3,5,15-16H,1-2,4,6-14H2. The van der Waals surface area contributed by atoms with Crippen molar-refractivity contribution in [3.63, 3.8) is 0 Å². The van der Waals surface area contributed by atoms with Crippen molar-refractivity contribution in [2.75, 3.05) is 39.4 Å². The van der Waals surface area contributed by atoms with Gasteiger partial charge in [-0.15, -0.1) is 11.3 Å². The molecule has 2 amide bonds. The fraction of sp³-hybridized carbons (Fsp3) is 0.684. The molecule has 138 valence electrons. The number of ether oxygens (including phenoxy) is 1. The number of carbonyl (C=O) groups excluding carboxylic acids is 2. The van der Waals surface area contributed by atoms with Crippen molar-refractivity contribution >= 4 is 23.2 Å². The Balaban J connectivity index is 1.33. The monoisotopic (exact) mass is 364 g/mol. The summed E-state index contributed by atoms with van der Waals surface area (Å²) in [6.45, 7) is 4.17. The second-order valence-corrected chi connectivity index (χ2v) is 7.91. The zero-order valence-electron chi connectivity index (χ0n) is 14.8. The Hall–Kier alpha value is -1.40. The molecule has 2 aliphatic heterocycles. The fourth-order valence-corrected chi connectivity index (χ4v) is 4.36. The van der Waals surface area contributed by atoms with E-state index in [2.05, 4.69) is 17.5 Å². The summed E-state index contributed by atoms with van der Waals surface area (Å²) in [5, 5.41) is 2.10. The van der Waals surface area contributed by atoms with Gasteiger partial charge in [0.25, 0.3) is 0 Å². The van der Waals surface area contributed by atoms with Crippen LogP contribution in [0.2, 0.25) is 0 Å². The molecule has 2 aliphatic rings. The molecule has 1 aromatic heterocycles. The first-order chi connectivity index (χ1) is 12.2. The molecule has 0 radical (unpaired) electrons. The van der Waals surface area contributed by atoms with Crippen LogP contribution in [0.5, 0.6) is 0 Å². The van der Waals surface area contributed by atoms with Crippen molar-refractivity contribution in [1.82, 2.24) is 9.80 Å². The van der Waals surface area contributed by atoms with Gasteiger partial charge in [0.2, 0.25) is 11.8 Å². The molecule has 0 bridgehead atoms. The van der Waals surface area contributed by atoms with Crippen LogP contribution in [0.3, 0.4) is 0 Å². The molecule has 0 saturated carbocycles. The third-order valence-electron chi connectivity index (χ3n) is 5.16. The van der Waals surface area contributed by atoms with E-state index in [0.717, 1.165) is 45.2 Å². The van der Waals surface area contributed by atoms with Gasteiger partial charge < -0.3 is 14.5 Å². The maximum Gasteiger partial charge on any atom is 0.225 e. The number of amides is 2. The highest BCUT2D eigenvalue weighted by molar-refractivity contribution is 7.09. The topological polar surface area (TPSA) is 49.9 Å². The molecule has 2 saturated heterocycles. The van der Waals surface area contributed by atoms with Crippen molar-refractivity contribution in [2.24, 2.45) is 5.92 Å². The highest BCUT2D eigenvalue weighted by atomic mass is 32.1.